The van der Waals surface area contributed by atoms with Gasteiger partial charge in [0, 0.05) is 12.2 Å². The molecule has 0 heterocycles. The third-order valence-corrected chi connectivity index (χ3v) is 3.40. The van der Waals surface area contributed by atoms with Crippen LogP contribution in [0.25, 0.3) is 0 Å². The van der Waals surface area contributed by atoms with E-state index in [1.165, 1.54) is 11.1 Å². The Hall–Kier alpha value is -2.58. The first-order valence-corrected chi connectivity index (χ1v) is 7.93. The molecule has 0 saturated carbocycles. The molecule has 3 N–H and O–H groups in total. The highest BCUT2D eigenvalue weighted by atomic mass is 14.8. The van der Waals surface area contributed by atoms with Crippen LogP contribution >= 0.6 is 0 Å². The van der Waals surface area contributed by atoms with Crippen LogP contribution in [-0.4, -0.2) is 6.54 Å². The topological polar surface area (TPSA) is 38.0 Å². The molecule has 3 rings (SSSR count). The van der Waals surface area contributed by atoms with Gasteiger partial charge in [0.05, 0.1) is 0 Å². The van der Waals surface area contributed by atoms with Gasteiger partial charge in [-0.2, -0.15) is 0 Å². The zero-order chi connectivity index (χ0) is 16.2. The van der Waals surface area contributed by atoms with Gasteiger partial charge in [0.25, 0.3) is 0 Å². The first kappa shape index (κ1) is 16.8. The third kappa shape index (κ3) is 7.30. The van der Waals surface area contributed by atoms with Crippen LogP contribution in [0.4, 0.5) is 5.69 Å². The minimum absolute atomic E-state index is 0.822. The highest BCUT2D eigenvalue weighted by Gasteiger charge is 1.92. The van der Waals surface area contributed by atoms with E-state index in [2.05, 4.69) is 59.9 Å². The molecule has 0 atom stereocenters. The van der Waals surface area contributed by atoms with E-state index in [4.69, 9.17) is 5.73 Å². The number of benzene rings is 3. The molecule has 0 saturated heterocycles. The molecule has 0 aliphatic heterocycles. The van der Waals surface area contributed by atoms with E-state index < -0.39 is 0 Å². The standard InChI is InChI=1S/C15H17N.C6H7N/c1-3-7-14(8-4-1)11-12-16-13-15-9-5-2-6-10-15;7-6-4-2-1-3-5-6/h1-10,16H,11-13H2;1-5H,7H2. The van der Waals surface area contributed by atoms with Gasteiger partial charge in [-0.1, -0.05) is 78.9 Å². The monoisotopic (exact) mass is 304 g/mol. The number of anilines is 1. The summed E-state index contributed by atoms with van der Waals surface area (Å²) in [7, 11) is 0. The number of nitrogens with two attached hydrogens (primary N) is 1. The molecule has 0 spiro atoms. The van der Waals surface area contributed by atoms with Crippen LogP contribution in [0.2, 0.25) is 0 Å². The van der Waals surface area contributed by atoms with Crippen LogP contribution in [0.15, 0.2) is 91.0 Å². The summed E-state index contributed by atoms with van der Waals surface area (Å²) in [6.07, 6.45) is 1.09. The van der Waals surface area contributed by atoms with Crippen LogP contribution in [0.3, 0.4) is 0 Å². The van der Waals surface area contributed by atoms with Gasteiger partial charge < -0.3 is 11.1 Å². The molecule has 2 nitrogen and oxygen atoms in total. The number of nitrogens with one attached hydrogen (secondary N) is 1. The molecule has 3 aromatic rings. The molecule has 118 valence electrons. The van der Waals surface area contributed by atoms with Crippen LogP contribution in [-0.2, 0) is 13.0 Å². The lowest BCUT2D eigenvalue weighted by Gasteiger charge is -2.04. The van der Waals surface area contributed by atoms with E-state index in [0.717, 1.165) is 25.2 Å². The summed E-state index contributed by atoms with van der Waals surface area (Å²) in [6.45, 7) is 1.98. The van der Waals surface area contributed by atoms with Gasteiger partial charge in [-0.15, -0.1) is 0 Å². The Balaban J connectivity index is 0.000000229. The second-order valence-corrected chi connectivity index (χ2v) is 5.31. The zero-order valence-corrected chi connectivity index (χ0v) is 13.4. The Labute approximate surface area is 139 Å². The van der Waals surface area contributed by atoms with Crippen LogP contribution in [0, 0.1) is 0 Å². The average Bonchev–Trinajstić information content (AvgIpc) is 2.62. The van der Waals surface area contributed by atoms with Gasteiger partial charge in [0.15, 0.2) is 0 Å². The summed E-state index contributed by atoms with van der Waals surface area (Å²) >= 11 is 0. The van der Waals surface area contributed by atoms with Gasteiger partial charge in [0.1, 0.15) is 0 Å². The zero-order valence-electron chi connectivity index (χ0n) is 13.4. The Bertz CT molecular complexity index is 595. The SMILES string of the molecule is Nc1ccccc1.c1ccc(CCNCc2ccccc2)cc1. The summed E-state index contributed by atoms with van der Waals surface area (Å²) in [5.74, 6) is 0. The van der Waals surface area contributed by atoms with Gasteiger partial charge in [-0.25, -0.2) is 0 Å². The van der Waals surface area contributed by atoms with Crippen molar-refractivity contribution in [2.75, 3.05) is 12.3 Å². The molecule has 0 radical (unpaired) electrons. The minimum atomic E-state index is 0.822. The van der Waals surface area contributed by atoms with Crippen molar-refractivity contribution in [1.29, 1.82) is 0 Å². The molecular formula is C21H24N2. The fraction of sp³-hybridized carbons (Fsp3) is 0.143. The van der Waals surface area contributed by atoms with Gasteiger partial charge in [0.2, 0.25) is 0 Å². The van der Waals surface area contributed by atoms with Crippen molar-refractivity contribution < 1.29 is 0 Å². The Morgan fingerprint density at radius 2 is 1.09 bits per heavy atom. The quantitative estimate of drug-likeness (QED) is 0.545. The fourth-order valence-corrected chi connectivity index (χ4v) is 2.16. The summed E-state index contributed by atoms with van der Waals surface area (Å²) in [5.41, 5.74) is 8.91. The molecular weight excluding hydrogens is 280 g/mol. The first-order valence-electron chi connectivity index (χ1n) is 7.93. The maximum absolute atomic E-state index is 5.36. The molecule has 2 heteroatoms. The Kier molecular flexibility index (Phi) is 7.44. The van der Waals surface area contributed by atoms with Crippen LogP contribution < -0.4 is 11.1 Å². The lowest BCUT2D eigenvalue weighted by atomic mass is 10.1. The van der Waals surface area contributed by atoms with E-state index in [1.54, 1.807) is 0 Å². The summed E-state index contributed by atoms with van der Waals surface area (Å²) in [4.78, 5) is 0. The molecule has 3 aromatic carbocycles. The lowest BCUT2D eigenvalue weighted by molar-refractivity contribution is 0.687. The highest BCUT2D eigenvalue weighted by molar-refractivity contribution is 5.35. The number of hydrogen-bond acceptors (Lipinski definition) is 2. The summed E-state index contributed by atoms with van der Waals surface area (Å²) in [5, 5.41) is 3.45. The molecule has 0 amide bonds. The normalized spacial score (nSPS) is 9.74. The molecule has 0 aliphatic carbocycles. The molecule has 23 heavy (non-hydrogen) atoms. The highest BCUT2D eigenvalue weighted by Crippen LogP contribution is 2.00. The minimum Gasteiger partial charge on any atom is -0.399 e. The Morgan fingerprint density at radius 1 is 0.609 bits per heavy atom. The van der Waals surface area contributed by atoms with Crippen molar-refractivity contribution in [1.82, 2.24) is 5.32 Å². The summed E-state index contributed by atoms with van der Waals surface area (Å²) in [6, 6.07) is 30.6. The van der Waals surface area contributed by atoms with E-state index in [0.29, 0.717) is 0 Å². The third-order valence-electron chi connectivity index (χ3n) is 3.40. The van der Waals surface area contributed by atoms with Crippen molar-refractivity contribution >= 4 is 5.69 Å². The number of hydrogen-bond donors (Lipinski definition) is 2. The molecule has 0 aromatic heterocycles. The van der Waals surface area contributed by atoms with E-state index in [-0.39, 0.29) is 0 Å². The molecule has 0 aliphatic rings. The van der Waals surface area contributed by atoms with Crippen molar-refractivity contribution in [3.63, 3.8) is 0 Å². The second kappa shape index (κ2) is 10.2. The van der Waals surface area contributed by atoms with Crippen molar-refractivity contribution in [3.05, 3.63) is 102 Å². The van der Waals surface area contributed by atoms with E-state index in [9.17, 15) is 0 Å². The van der Waals surface area contributed by atoms with Gasteiger partial charge in [-0.3, -0.25) is 0 Å². The van der Waals surface area contributed by atoms with Crippen molar-refractivity contribution in [3.8, 4) is 0 Å². The number of para-hydroxylation sites is 1. The predicted molar refractivity (Wildman–Crippen MR) is 99.1 cm³/mol. The van der Waals surface area contributed by atoms with Gasteiger partial charge >= 0.3 is 0 Å². The van der Waals surface area contributed by atoms with Gasteiger partial charge in [-0.05, 0) is 36.2 Å². The second-order valence-electron chi connectivity index (χ2n) is 5.31. The molecule has 0 bridgehead atoms. The molecule has 0 fully saturated rings. The van der Waals surface area contributed by atoms with Crippen LogP contribution in [0.1, 0.15) is 11.1 Å². The van der Waals surface area contributed by atoms with Crippen LogP contribution in [0.5, 0.6) is 0 Å². The number of rotatable bonds is 5. The van der Waals surface area contributed by atoms with Crippen molar-refractivity contribution in [2.24, 2.45) is 0 Å². The van der Waals surface area contributed by atoms with E-state index >= 15 is 0 Å². The maximum Gasteiger partial charge on any atom is 0.0313 e. The predicted octanol–water partition coefficient (Wildman–Crippen LogP) is 4.29. The number of nitrogen functional groups attached to an aromatic ring is 1. The van der Waals surface area contributed by atoms with Crippen molar-refractivity contribution in [2.45, 2.75) is 13.0 Å². The fourth-order valence-electron chi connectivity index (χ4n) is 2.16. The first-order chi connectivity index (χ1) is 11.3. The average molecular weight is 304 g/mol. The molecule has 0 unspecified atom stereocenters. The smallest absolute Gasteiger partial charge is 0.0313 e. The maximum atomic E-state index is 5.36. The largest absolute Gasteiger partial charge is 0.399 e. The Morgan fingerprint density at radius 3 is 1.57 bits per heavy atom. The summed E-state index contributed by atoms with van der Waals surface area (Å²) < 4.78 is 0. The lowest BCUT2D eigenvalue weighted by Crippen LogP contribution is -2.16. The van der Waals surface area contributed by atoms with E-state index in [1.807, 2.05) is 36.4 Å².